The molecular formula is C17H24N6O. The number of amides is 1. The molecule has 0 atom stereocenters. The molecule has 128 valence electrons. The molecule has 1 amide bonds. The zero-order valence-electron chi connectivity index (χ0n) is 13.9. The Morgan fingerprint density at radius 3 is 2.71 bits per heavy atom. The van der Waals surface area contributed by atoms with Crippen LogP contribution in [0.4, 0.5) is 5.82 Å². The summed E-state index contributed by atoms with van der Waals surface area (Å²) in [6.45, 7) is 1.67. The molecule has 1 N–H and O–H groups in total. The van der Waals surface area contributed by atoms with Crippen LogP contribution in [0.5, 0.6) is 0 Å². The Bertz CT molecular complexity index is 700. The summed E-state index contributed by atoms with van der Waals surface area (Å²) in [5.41, 5.74) is 0.748. The van der Waals surface area contributed by atoms with Gasteiger partial charge in [-0.05, 0) is 25.7 Å². The Hall–Kier alpha value is -2.18. The van der Waals surface area contributed by atoms with E-state index in [9.17, 15) is 4.79 Å². The second-order valence-corrected chi connectivity index (χ2v) is 6.92. The Morgan fingerprint density at radius 2 is 1.92 bits per heavy atom. The lowest BCUT2D eigenvalue weighted by molar-refractivity contribution is -0.137. The van der Waals surface area contributed by atoms with Gasteiger partial charge in [-0.2, -0.15) is 0 Å². The number of carbonyl (C=O) groups excluding carboxylic acids is 1. The quantitative estimate of drug-likeness (QED) is 0.934. The van der Waals surface area contributed by atoms with Gasteiger partial charge < -0.3 is 10.2 Å². The van der Waals surface area contributed by atoms with E-state index in [-0.39, 0.29) is 5.92 Å². The molecule has 2 aromatic heterocycles. The summed E-state index contributed by atoms with van der Waals surface area (Å²) < 4.78 is 1.86. The van der Waals surface area contributed by atoms with Crippen molar-refractivity contribution in [2.24, 2.45) is 5.92 Å². The number of nitrogens with one attached hydrogen (secondary N) is 1. The average Bonchev–Trinajstić information content (AvgIpc) is 3.12. The van der Waals surface area contributed by atoms with Gasteiger partial charge >= 0.3 is 0 Å². The van der Waals surface area contributed by atoms with Crippen LogP contribution >= 0.6 is 0 Å². The van der Waals surface area contributed by atoms with Crippen LogP contribution in [0.15, 0.2) is 18.7 Å². The molecule has 1 aliphatic heterocycles. The number of carbonyl (C=O) groups is 1. The highest BCUT2D eigenvalue weighted by Gasteiger charge is 2.29. The summed E-state index contributed by atoms with van der Waals surface area (Å²) in [6.07, 6.45) is 13.0. The predicted molar refractivity (Wildman–Crippen MR) is 90.6 cm³/mol. The molecule has 1 saturated heterocycles. The van der Waals surface area contributed by atoms with Gasteiger partial charge in [-0.1, -0.05) is 19.3 Å². The standard InChI is InChI=1S/C17H24N6O/c24-17(13-4-2-1-3-5-13)22-9-6-14(7-10-22)20-15-16-21-19-12-23(16)11-8-18-15/h8,11-14H,1-7,9-10H2,(H,18,20). The smallest absolute Gasteiger partial charge is 0.225 e. The fourth-order valence-electron chi connectivity index (χ4n) is 3.91. The van der Waals surface area contributed by atoms with Crippen LogP contribution in [0.3, 0.4) is 0 Å². The monoisotopic (exact) mass is 328 g/mol. The maximum atomic E-state index is 12.6. The van der Waals surface area contributed by atoms with E-state index in [1.807, 2.05) is 10.6 Å². The molecule has 0 spiro atoms. The summed E-state index contributed by atoms with van der Waals surface area (Å²) in [5, 5.41) is 11.5. The van der Waals surface area contributed by atoms with Gasteiger partial charge in [0.25, 0.3) is 0 Å². The molecule has 0 radical (unpaired) electrons. The Balaban J connectivity index is 1.34. The van der Waals surface area contributed by atoms with E-state index >= 15 is 0 Å². The van der Waals surface area contributed by atoms with Crippen molar-refractivity contribution < 1.29 is 4.79 Å². The SMILES string of the molecule is O=C(C1CCCCC1)N1CCC(Nc2nccn3cnnc23)CC1. The minimum atomic E-state index is 0.273. The highest BCUT2D eigenvalue weighted by Crippen LogP contribution is 2.27. The molecule has 1 aliphatic carbocycles. The fraction of sp³-hybridized carbons (Fsp3) is 0.647. The number of aromatic nitrogens is 4. The van der Waals surface area contributed by atoms with Gasteiger partial charge in [0.15, 0.2) is 5.82 Å². The minimum Gasteiger partial charge on any atom is -0.364 e. The van der Waals surface area contributed by atoms with Crippen LogP contribution in [0.25, 0.3) is 5.65 Å². The summed E-state index contributed by atoms with van der Waals surface area (Å²) in [7, 11) is 0. The minimum absolute atomic E-state index is 0.273. The van der Waals surface area contributed by atoms with Gasteiger partial charge in [0.1, 0.15) is 6.33 Å². The van der Waals surface area contributed by atoms with Gasteiger partial charge in [0.05, 0.1) is 0 Å². The molecule has 2 aliphatic rings. The van der Waals surface area contributed by atoms with Gasteiger partial charge in [-0.3, -0.25) is 9.20 Å². The Morgan fingerprint density at radius 1 is 1.12 bits per heavy atom. The second kappa shape index (κ2) is 6.75. The summed E-state index contributed by atoms with van der Waals surface area (Å²) in [5.74, 6) is 1.42. The van der Waals surface area contributed by atoms with E-state index < -0.39 is 0 Å². The number of nitrogens with zero attached hydrogens (tertiary/aromatic N) is 5. The molecule has 7 heteroatoms. The van der Waals surface area contributed by atoms with Crippen LogP contribution in [0.1, 0.15) is 44.9 Å². The van der Waals surface area contributed by atoms with Gasteiger partial charge in [-0.15, -0.1) is 10.2 Å². The highest BCUT2D eigenvalue weighted by molar-refractivity contribution is 5.79. The molecule has 0 bridgehead atoms. The average molecular weight is 328 g/mol. The summed E-state index contributed by atoms with van der Waals surface area (Å²) in [6, 6.07) is 0.329. The van der Waals surface area contributed by atoms with Crippen molar-refractivity contribution in [3.05, 3.63) is 18.7 Å². The van der Waals surface area contributed by atoms with Crippen molar-refractivity contribution in [1.82, 2.24) is 24.5 Å². The first kappa shape index (κ1) is 15.4. The van der Waals surface area contributed by atoms with Crippen LogP contribution in [-0.4, -0.2) is 49.5 Å². The maximum absolute atomic E-state index is 12.6. The molecule has 7 nitrogen and oxygen atoms in total. The van der Waals surface area contributed by atoms with Gasteiger partial charge in [-0.25, -0.2) is 4.98 Å². The van der Waals surface area contributed by atoms with Crippen molar-refractivity contribution in [3.8, 4) is 0 Å². The number of likely N-dealkylation sites (tertiary alicyclic amines) is 1. The number of rotatable bonds is 3. The molecule has 4 rings (SSSR count). The molecule has 0 unspecified atom stereocenters. The molecule has 3 heterocycles. The first-order chi connectivity index (χ1) is 11.8. The van der Waals surface area contributed by atoms with Gasteiger partial charge in [0.2, 0.25) is 11.6 Å². The van der Waals surface area contributed by atoms with Crippen molar-refractivity contribution in [1.29, 1.82) is 0 Å². The van der Waals surface area contributed by atoms with Crippen LogP contribution in [-0.2, 0) is 4.79 Å². The number of fused-ring (bicyclic) bond motifs is 1. The Labute approximate surface area is 141 Å². The number of hydrogen-bond acceptors (Lipinski definition) is 5. The van der Waals surface area contributed by atoms with E-state index in [0.717, 1.165) is 50.2 Å². The van der Waals surface area contributed by atoms with Crippen molar-refractivity contribution in [2.45, 2.75) is 51.0 Å². The summed E-state index contributed by atoms with van der Waals surface area (Å²) >= 11 is 0. The van der Waals surface area contributed by atoms with E-state index in [4.69, 9.17) is 0 Å². The normalized spacial score (nSPS) is 20.4. The van der Waals surface area contributed by atoms with Crippen molar-refractivity contribution >= 4 is 17.4 Å². The second-order valence-electron chi connectivity index (χ2n) is 6.92. The van der Waals surface area contributed by atoms with E-state index in [0.29, 0.717) is 11.9 Å². The molecule has 2 aromatic rings. The third-order valence-corrected chi connectivity index (χ3v) is 5.32. The topological polar surface area (TPSA) is 75.4 Å². The van der Waals surface area contributed by atoms with Crippen molar-refractivity contribution in [2.75, 3.05) is 18.4 Å². The van der Waals surface area contributed by atoms with Crippen LogP contribution < -0.4 is 5.32 Å². The zero-order valence-corrected chi connectivity index (χ0v) is 13.9. The van der Waals surface area contributed by atoms with Gasteiger partial charge in [0, 0.05) is 37.4 Å². The van der Waals surface area contributed by atoms with E-state index in [1.165, 1.54) is 19.3 Å². The molecule has 2 fully saturated rings. The third kappa shape index (κ3) is 3.07. The lowest BCUT2D eigenvalue weighted by atomic mass is 9.87. The summed E-state index contributed by atoms with van der Waals surface area (Å²) in [4.78, 5) is 19.1. The zero-order chi connectivity index (χ0) is 16.4. The lowest BCUT2D eigenvalue weighted by Gasteiger charge is -2.35. The van der Waals surface area contributed by atoms with E-state index in [2.05, 4.69) is 25.4 Å². The molecule has 24 heavy (non-hydrogen) atoms. The third-order valence-electron chi connectivity index (χ3n) is 5.32. The van der Waals surface area contributed by atoms with Crippen LogP contribution in [0.2, 0.25) is 0 Å². The Kier molecular flexibility index (Phi) is 4.32. The molecular weight excluding hydrogens is 304 g/mol. The fourth-order valence-corrected chi connectivity index (χ4v) is 3.91. The largest absolute Gasteiger partial charge is 0.364 e. The first-order valence-electron chi connectivity index (χ1n) is 9.01. The number of anilines is 1. The van der Waals surface area contributed by atoms with E-state index in [1.54, 1.807) is 12.5 Å². The van der Waals surface area contributed by atoms with Crippen molar-refractivity contribution in [3.63, 3.8) is 0 Å². The predicted octanol–water partition coefficient (Wildman–Crippen LogP) is 2.11. The highest BCUT2D eigenvalue weighted by atomic mass is 16.2. The molecule has 0 aromatic carbocycles. The lowest BCUT2D eigenvalue weighted by Crippen LogP contribution is -2.45. The van der Waals surface area contributed by atoms with Crippen LogP contribution in [0, 0.1) is 5.92 Å². The first-order valence-corrected chi connectivity index (χ1v) is 9.01. The molecule has 1 saturated carbocycles. The number of hydrogen-bond donors (Lipinski definition) is 1. The number of piperidine rings is 1. The maximum Gasteiger partial charge on any atom is 0.225 e.